The van der Waals surface area contributed by atoms with Gasteiger partial charge in [0.15, 0.2) is 0 Å². The van der Waals surface area contributed by atoms with Gasteiger partial charge in [0.2, 0.25) is 5.91 Å². The van der Waals surface area contributed by atoms with Crippen molar-refractivity contribution in [3.8, 4) is 0 Å². The number of rotatable bonds is 3. The van der Waals surface area contributed by atoms with Gasteiger partial charge in [0, 0.05) is 22.8 Å². The first-order chi connectivity index (χ1) is 9.89. The maximum atomic E-state index is 12.7. The second-order valence-corrected chi connectivity index (χ2v) is 7.84. The fourth-order valence-corrected chi connectivity index (χ4v) is 4.77. The summed E-state index contributed by atoms with van der Waals surface area (Å²) in [6, 6.07) is 2.07. The molecule has 1 amide bonds. The van der Waals surface area contributed by atoms with Gasteiger partial charge in [0.25, 0.3) is 0 Å². The van der Waals surface area contributed by atoms with Gasteiger partial charge >= 0.3 is 0 Å². The predicted molar refractivity (Wildman–Crippen MR) is 91.3 cm³/mol. The van der Waals surface area contributed by atoms with Crippen LogP contribution < -0.4 is 11.1 Å². The Hall–Kier alpha value is -0.620. The van der Waals surface area contributed by atoms with Crippen molar-refractivity contribution in [2.75, 3.05) is 6.61 Å². The Morgan fingerprint density at radius 2 is 2.27 bits per heavy atom. The fraction of sp³-hybridized carbons (Fsp3) is 0.688. The first-order valence-electron chi connectivity index (χ1n) is 7.61. The van der Waals surface area contributed by atoms with Crippen molar-refractivity contribution < 1.29 is 9.53 Å². The van der Waals surface area contributed by atoms with Gasteiger partial charge in [0.05, 0.1) is 12.6 Å². The number of carbonyl (C=O) groups is 1. The summed E-state index contributed by atoms with van der Waals surface area (Å²) in [6.07, 6.45) is 2.09. The number of amides is 1. The number of nitrogens with one attached hydrogen (secondary N) is 1. The van der Waals surface area contributed by atoms with Crippen LogP contribution in [0.1, 0.15) is 37.1 Å². The number of aryl methyl sites for hydroxylation is 1. The first-order valence-corrected chi connectivity index (χ1v) is 8.48. The van der Waals surface area contributed by atoms with Crippen LogP contribution in [-0.4, -0.2) is 24.2 Å². The third kappa shape index (κ3) is 2.39. The van der Waals surface area contributed by atoms with Gasteiger partial charge in [-0.1, -0.05) is 13.8 Å². The average Bonchev–Trinajstić information content (AvgIpc) is 2.89. The molecular weight excluding hydrogens is 320 g/mol. The predicted octanol–water partition coefficient (Wildman–Crippen LogP) is 2.63. The zero-order valence-corrected chi connectivity index (χ0v) is 15.0. The van der Waals surface area contributed by atoms with Gasteiger partial charge in [0.1, 0.15) is 5.54 Å². The SMILES string of the molecule is Cc1ccsc1CNC(=O)C1(N)C2CCCOC2C1(C)C.Cl. The van der Waals surface area contributed by atoms with E-state index in [2.05, 4.69) is 32.2 Å². The van der Waals surface area contributed by atoms with Crippen LogP contribution in [0.3, 0.4) is 0 Å². The molecule has 4 nitrogen and oxygen atoms in total. The molecule has 1 aliphatic heterocycles. The number of hydrogen-bond acceptors (Lipinski definition) is 4. The smallest absolute Gasteiger partial charge is 0.241 e. The maximum absolute atomic E-state index is 12.7. The highest BCUT2D eigenvalue weighted by atomic mass is 35.5. The summed E-state index contributed by atoms with van der Waals surface area (Å²) < 4.78 is 5.85. The van der Waals surface area contributed by atoms with E-state index < -0.39 is 5.54 Å². The van der Waals surface area contributed by atoms with Gasteiger partial charge in [-0.2, -0.15) is 0 Å². The van der Waals surface area contributed by atoms with E-state index in [0.717, 1.165) is 19.4 Å². The molecule has 1 aromatic heterocycles. The quantitative estimate of drug-likeness (QED) is 0.886. The second-order valence-electron chi connectivity index (χ2n) is 6.84. The van der Waals surface area contributed by atoms with Gasteiger partial charge in [-0.25, -0.2) is 0 Å². The zero-order chi connectivity index (χ0) is 15.3. The Bertz CT molecular complexity index is 560. The van der Waals surface area contributed by atoms with Crippen molar-refractivity contribution in [2.45, 2.75) is 51.8 Å². The molecule has 3 N–H and O–H groups in total. The monoisotopic (exact) mass is 344 g/mol. The lowest BCUT2D eigenvalue weighted by atomic mass is 9.46. The van der Waals surface area contributed by atoms with E-state index in [1.54, 1.807) is 11.3 Å². The van der Waals surface area contributed by atoms with Crippen molar-refractivity contribution in [2.24, 2.45) is 17.1 Å². The fourth-order valence-electron chi connectivity index (χ4n) is 3.93. The molecule has 0 bridgehead atoms. The lowest BCUT2D eigenvalue weighted by molar-refractivity contribution is -0.225. The van der Waals surface area contributed by atoms with Gasteiger partial charge in [-0.05, 0) is 36.8 Å². The highest BCUT2D eigenvalue weighted by Gasteiger charge is 2.70. The molecule has 3 unspecified atom stereocenters. The molecule has 2 aliphatic rings. The Kier molecular flexibility index (Phi) is 4.93. The second kappa shape index (κ2) is 6.11. The van der Waals surface area contributed by atoms with Crippen LogP contribution >= 0.6 is 23.7 Å². The molecule has 1 aromatic rings. The largest absolute Gasteiger partial charge is 0.377 e. The Labute approximate surface area is 142 Å². The van der Waals surface area contributed by atoms with E-state index >= 15 is 0 Å². The number of carbonyl (C=O) groups excluding carboxylic acids is 1. The molecule has 2 fully saturated rings. The molecule has 6 heteroatoms. The highest BCUT2D eigenvalue weighted by Crippen LogP contribution is 2.57. The minimum absolute atomic E-state index is 0. The number of halogens is 1. The van der Waals surface area contributed by atoms with Crippen molar-refractivity contribution >= 4 is 29.7 Å². The maximum Gasteiger partial charge on any atom is 0.241 e. The van der Waals surface area contributed by atoms with Crippen LogP contribution in [0.5, 0.6) is 0 Å². The Balaban J connectivity index is 0.00000176. The summed E-state index contributed by atoms with van der Waals surface area (Å²) >= 11 is 1.67. The molecule has 1 saturated carbocycles. The molecule has 1 saturated heterocycles. The minimum atomic E-state index is -0.816. The molecule has 2 heterocycles. The summed E-state index contributed by atoms with van der Waals surface area (Å²) in [7, 11) is 0. The van der Waals surface area contributed by atoms with Crippen LogP contribution in [0.4, 0.5) is 0 Å². The lowest BCUT2D eigenvalue weighted by Gasteiger charge is -2.65. The third-order valence-corrected chi connectivity index (χ3v) is 6.46. The zero-order valence-electron chi connectivity index (χ0n) is 13.3. The van der Waals surface area contributed by atoms with E-state index in [0.29, 0.717) is 6.54 Å². The van der Waals surface area contributed by atoms with Gasteiger partial charge < -0.3 is 15.8 Å². The molecule has 0 spiro atoms. The van der Waals surface area contributed by atoms with E-state index in [1.807, 2.05) is 5.38 Å². The number of nitrogens with two attached hydrogens (primary N) is 1. The summed E-state index contributed by atoms with van der Waals surface area (Å²) in [4.78, 5) is 13.9. The van der Waals surface area contributed by atoms with Gasteiger partial charge in [-0.15, -0.1) is 23.7 Å². The summed E-state index contributed by atoms with van der Waals surface area (Å²) in [5.74, 6) is 0.109. The standard InChI is InChI=1S/C16H24N2O2S.ClH/c1-10-6-8-21-12(10)9-18-14(19)16(17)11-5-4-7-20-13(11)15(16,2)3;/h6,8,11,13H,4-5,7,9,17H2,1-3H3,(H,18,19);1H. The third-order valence-electron chi connectivity index (χ3n) is 5.44. The first kappa shape index (κ1) is 17.7. The van der Waals surface area contributed by atoms with E-state index in [-0.39, 0.29) is 35.8 Å². The van der Waals surface area contributed by atoms with Crippen molar-refractivity contribution in [1.29, 1.82) is 0 Å². The number of thiophene rings is 1. The van der Waals surface area contributed by atoms with Crippen LogP contribution in [0.15, 0.2) is 11.4 Å². The summed E-state index contributed by atoms with van der Waals surface area (Å²) in [5.41, 5.74) is 6.66. The van der Waals surface area contributed by atoms with E-state index in [9.17, 15) is 4.79 Å². The number of ether oxygens (including phenoxy) is 1. The highest BCUT2D eigenvalue weighted by molar-refractivity contribution is 7.10. The summed E-state index contributed by atoms with van der Waals surface area (Å²) in [5, 5.41) is 5.10. The molecule has 0 radical (unpaired) electrons. The topological polar surface area (TPSA) is 64.4 Å². The lowest BCUT2D eigenvalue weighted by Crippen LogP contribution is -2.82. The number of hydrogen-bond donors (Lipinski definition) is 2. The summed E-state index contributed by atoms with van der Waals surface area (Å²) in [6.45, 7) is 7.52. The Morgan fingerprint density at radius 1 is 1.55 bits per heavy atom. The van der Waals surface area contributed by atoms with Crippen LogP contribution in [-0.2, 0) is 16.1 Å². The molecular formula is C16H25ClN2O2S. The minimum Gasteiger partial charge on any atom is -0.377 e. The number of fused-ring (bicyclic) bond motifs is 1. The Morgan fingerprint density at radius 3 is 2.91 bits per heavy atom. The molecule has 3 rings (SSSR count). The normalized spacial score (nSPS) is 32.4. The molecule has 22 heavy (non-hydrogen) atoms. The average molecular weight is 345 g/mol. The van der Waals surface area contributed by atoms with Crippen molar-refractivity contribution in [1.82, 2.24) is 5.32 Å². The molecule has 1 aliphatic carbocycles. The van der Waals surface area contributed by atoms with Crippen LogP contribution in [0.25, 0.3) is 0 Å². The van der Waals surface area contributed by atoms with E-state index in [4.69, 9.17) is 10.5 Å². The van der Waals surface area contributed by atoms with Crippen LogP contribution in [0.2, 0.25) is 0 Å². The molecule has 124 valence electrons. The van der Waals surface area contributed by atoms with Crippen molar-refractivity contribution in [3.63, 3.8) is 0 Å². The van der Waals surface area contributed by atoms with Crippen molar-refractivity contribution in [3.05, 3.63) is 21.9 Å². The van der Waals surface area contributed by atoms with Crippen LogP contribution in [0, 0.1) is 18.3 Å². The molecule has 0 aromatic carbocycles. The van der Waals surface area contributed by atoms with Gasteiger partial charge in [-0.3, -0.25) is 4.79 Å². The molecule has 3 atom stereocenters. The van der Waals surface area contributed by atoms with E-state index in [1.165, 1.54) is 10.4 Å².